The van der Waals surface area contributed by atoms with Gasteiger partial charge in [0.1, 0.15) is 0 Å². The van der Waals surface area contributed by atoms with E-state index in [1.54, 1.807) is 0 Å². The van der Waals surface area contributed by atoms with Gasteiger partial charge in [0.05, 0.1) is 0 Å². The van der Waals surface area contributed by atoms with E-state index in [1.165, 1.54) is 36.9 Å². The molecule has 1 saturated carbocycles. The molecule has 0 aliphatic heterocycles. The SMILES string of the molecule is CCc1ccc(CC2CCCCC2NC)nc1. The molecule has 1 fully saturated rings. The molecule has 2 nitrogen and oxygen atoms in total. The second kappa shape index (κ2) is 6.15. The molecule has 2 unspecified atom stereocenters. The molecule has 17 heavy (non-hydrogen) atoms. The summed E-state index contributed by atoms with van der Waals surface area (Å²) in [5.74, 6) is 0.772. The molecule has 2 atom stereocenters. The molecule has 1 heterocycles. The van der Waals surface area contributed by atoms with Gasteiger partial charge >= 0.3 is 0 Å². The fourth-order valence-electron chi connectivity index (χ4n) is 2.89. The lowest BCUT2D eigenvalue weighted by molar-refractivity contribution is 0.271. The summed E-state index contributed by atoms with van der Waals surface area (Å²) in [6.45, 7) is 2.18. The van der Waals surface area contributed by atoms with E-state index < -0.39 is 0 Å². The molecule has 0 spiro atoms. The van der Waals surface area contributed by atoms with Crippen LogP contribution in [-0.4, -0.2) is 18.1 Å². The monoisotopic (exact) mass is 232 g/mol. The molecule has 1 aliphatic rings. The van der Waals surface area contributed by atoms with Gasteiger partial charge in [-0.05, 0) is 50.3 Å². The summed E-state index contributed by atoms with van der Waals surface area (Å²) in [5.41, 5.74) is 2.59. The van der Waals surface area contributed by atoms with E-state index in [-0.39, 0.29) is 0 Å². The van der Waals surface area contributed by atoms with Crippen LogP contribution in [0, 0.1) is 5.92 Å². The topological polar surface area (TPSA) is 24.9 Å². The van der Waals surface area contributed by atoms with Crippen LogP contribution in [0.2, 0.25) is 0 Å². The first-order valence-electron chi connectivity index (χ1n) is 6.94. The van der Waals surface area contributed by atoms with Crippen molar-refractivity contribution in [1.82, 2.24) is 10.3 Å². The van der Waals surface area contributed by atoms with Gasteiger partial charge in [-0.15, -0.1) is 0 Å². The Morgan fingerprint density at radius 2 is 2.12 bits per heavy atom. The molecule has 1 aromatic heterocycles. The Hall–Kier alpha value is -0.890. The molecule has 0 saturated heterocycles. The zero-order valence-corrected chi connectivity index (χ0v) is 11.1. The van der Waals surface area contributed by atoms with Crippen LogP contribution in [0.1, 0.15) is 43.9 Å². The molecule has 94 valence electrons. The quantitative estimate of drug-likeness (QED) is 0.863. The number of pyridine rings is 1. The molecule has 0 amide bonds. The van der Waals surface area contributed by atoms with E-state index in [9.17, 15) is 0 Å². The summed E-state index contributed by atoms with van der Waals surface area (Å²) in [5, 5.41) is 3.47. The predicted octanol–water partition coefficient (Wildman–Crippen LogP) is 2.96. The minimum atomic E-state index is 0.691. The molecule has 0 aromatic carbocycles. The van der Waals surface area contributed by atoms with Crippen molar-refractivity contribution in [2.24, 2.45) is 5.92 Å². The Morgan fingerprint density at radius 3 is 2.76 bits per heavy atom. The van der Waals surface area contributed by atoms with Gasteiger partial charge in [0.25, 0.3) is 0 Å². The first-order chi connectivity index (χ1) is 8.33. The third-order valence-electron chi connectivity index (χ3n) is 4.05. The summed E-state index contributed by atoms with van der Waals surface area (Å²) in [4.78, 5) is 4.58. The standard InChI is InChI=1S/C15H24N2/c1-3-12-8-9-14(17-11-12)10-13-6-4-5-7-15(13)16-2/h8-9,11,13,15-16H,3-7,10H2,1-2H3. The minimum Gasteiger partial charge on any atom is -0.317 e. The Labute approximate surface area is 105 Å². The molecule has 2 heteroatoms. The van der Waals surface area contributed by atoms with Gasteiger partial charge < -0.3 is 5.32 Å². The zero-order valence-electron chi connectivity index (χ0n) is 11.1. The molecule has 0 bridgehead atoms. The van der Waals surface area contributed by atoms with Crippen LogP contribution in [0.5, 0.6) is 0 Å². The van der Waals surface area contributed by atoms with Gasteiger partial charge in [-0.1, -0.05) is 25.8 Å². The lowest BCUT2D eigenvalue weighted by atomic mass is 9.81. The average Bonchev–Trinajstić information content (AvgIpc) is 2.40. The van der Waals surface area contributed by atoms with E-state index in [2.05, 4.69) is 36.4 Å². The van der Waals surface area contributed by atoms with Gasteiger partial charge in [-0.3, -0.25) is 4.98 Å². The summed E-state index contributed by atoms with van der Waals surface area (Å²) >= 11 is 0. The third kappa shape index (κ3) is 3.29. The average molecular weight is 232 g/mol. The Kier molecular flexibility index (Phi) is 4.55. The number of nitrogens with zero attached hydrogens (tertiary/aromatic N) is 1. The van der Waals surface area contributed by atoms with Gasteiger partial charge in [-0.2, -0.15) is 0 Å². The number of aromatic nitrogens is 1. The number of nitrogens with one attached hydrogen (secondary N) is 1. The maximum absolute atomic E-state index is 4.58. The van der Waals surface area contributed by atoms with Crippen molar-refractivity contribution in [3.8, 4) is 0 Å². The minimum absolute atomic E-state index is 0.691. The first kappa shape index (κ1) is 12.6. The predicted molar refractivity (Wildman–Crippen MR) is 72.1 cm³/mol. The summed E-state index contributed by atoms with van der Waals surface area (Å²) in [6.07, 6.45) is 9.69. The Balaban J connectivity index is 1.98. The number of hydrogen-bond donors (Lipinski definition) is 1. The third-order valence-corrected chi connectivity index (χ3v) is 4.05. The molecule has 2 rings (SSSR count). The molecular weight excluding hydrogens is 208 g/mol. The normalized spacial score (nSPS) is 24.8. The van der Waals surface area contributed by atoms with Crippen LogP contribution in [0.25, 0.3) is 0 Å². The van der Waals surface area contributed by atoms with Crippen molar-refractivity contribution >= 4 is 0 Å². The van der Waals surface area contributed by atoms with E-state index in [0.29, 0.717) is 6.04 Å². The lowest BCUT2D eigenvalue weighted by Gasteiger charge is -2.31. The fourth-order valence-corrected chi connectivity index (χ4v) is 2.89. The van der Waals surface area contributed by atoms with E-state index in [0.717, 1.165) is 18.8 Å². The molecule has 0 radical (unpaired) electrons. The van der Waals surface area contributed by atoms with Crippen LogP contribution >= 0.6 is 0 Å². The van der Waals surface area contributed by atoms with Crippen molar-refractivity contribution in [3.05, 3.63) is 29.6 Å². The van der Waals surface area contributed by atoms with Crippen molar-refractivity contribution in [1.29, 1.82) is 0 Å². The summed E-state index contributed by atoms with van der Waals surface area (Å²) in [7, 11) is 2.09. The van der Waals surface area contributed by atoms with Crippen LogP contribution in [0.4, 0.5) is 0 Å². The Morgan fingerprint density at radius 1 is 1.29 bits per heavy atom. The largest absolute Gasteiger partial charge is 0.317 e. The zero-order chi connectivity index (χ0) is 12.1. The van der Waals surface area contributed by atoms with E-state index in [4.69, 9.17) is 0 Å². The maximum atomic E-state index is 4.58. The molecule has 1 aromatic rings. The van der Waals surface area contributed by atoms with Gasteiger partial charge in [0.2, 0.25) is 0 Å². The lowest BCUT2D eigenvalue weighted by Crippen LogP contribution is -2.37. The van der Waals surface area contributed by atoms with Crippen molar-refractivity contribution in [2.45, 2.75) is 51.5 Å². The highest BCUT2D eigenvalue weighted by Gasteiger charge is 2.23. The van der Waals surface area contributed by atoms with E-state index >= 15 is 0 Å². The highest BCUT2D eigenvalue weighted by Crippen LogP contribution is 2.26. The Bertz CT molecular complexity index is 331. The van der Waals surface area contributed by atoms with Crippen molar-refractivity contribution in [3.63, 3.8) is 0 Å². The number of rotatable bonds is 4. The van der Waals surface area contributed by atoms with Crippen LogP contribution in [0.3, 0.4) is 0 Å². The van der Waals surface area contributed by atoms with Crippen molar-refractivity contribution in [2.75, 3.05) is 7.05 Å². The van der Waals surface area contributed by atoms with Gasteiger partial charge in [-0.25, -0.2) is 0 Å². The van der Waals surface area contributed by atoms with Crippen LogP contribution in [-0.2, 0) is 12.8 Å². The highest BCUT2D eigenvalue weighted by molar-refractivity contribution is 5.14. The molecular formula is C15H24N2. The van der Waals surface area contributed by atoms with Crippen LogP contribution in [0.15, 0.2) is 18.3 Å². The summed E-state index contributed by atoms with van der Waals surface area (Å²) in [6, 6.07) is 5.12. The van der Waals surface area contributed by atoms with Crippen LogP contribution < -0.4 is 5.32 Å². The molecule has 1 N–H and O–H groups in total. The second-order valence-corrected chi connectivity index (χ2v) is 5.16. The number of hydrogen-bond acceptors (Lipinski definition) is 2. The highest BCUT2D eigenvalue weighted by atomic mass is 14.9. The van der Waals surface area contributed by atoms with Crippen molar-refractivity contribution < 1.29 is 0 Å². The number of aryl methyl sites for hydroxylation is 1. The first-order valence-corrected chi connectivity index (χ1v) is 6.94. The fraction of sp³-hybridized carbons (Fsp3) is 0.667. The smallest absolute Gasteiger partial charge is 0.0407 e. The van der Waals surface area contributed by atoms with E-state index in [1.807, 2.05) is 6.20 Å². The van der Waals surface area contributed by atoms with Gasteiger partial charge in [0.15, 0.2) is 0 Å². The summed E-state index contributed by atoms with van der Waals surface area (Å²) < 4.78 is 0. The maximum Gasteiger partial charge on any atom is 0.0407 e. The second-order valence-electron chi connectivity index (χ2n) is 5.16. The molecule has 1 aliphatic carbocycles. The van der Waals surface area contributed by atoms with Gasteiger partial charge in [0, 0.05) is 17.9 Å².